The van der Waals surface area contributed by atoms with Crippen molar-refractivity contribution in [3.8, 4) is 5.75 Å². The van der Waals surface area contributed by atoms with Gasteiger partial charge in [0.05, 0.1) is 23.2 Å². The summed E-state index contributed by atoms with van der Waals surface area (Å²) in [5, 5.41) is 1.95. The molecule has 3 heterocycles. The Morgan fingerprint density at radius 3 is 2.53 bits per heavy atom. The Balaban J connectivity index is 1.43. The molecule has 0 aliphatic carbocycles. The van der Waals surface area contributed by atoms with Crippen molar-refractivity contribution in [2.45, 2.75) is 25.0 Å². The van der Waals surface area contributed by atoms with Crippen molar-refractivity contribution in [3.63, 3.8) is 0 Å². The molecule has 0 radical (unpaired) electrons. The van der Waals surface area contributed by atoms with Gasteiger partial charge < -0.3 is 19.5 Å². The van der Waals surface area contributed by atoms with Crippen LogP contribution in [0.5, 0.6) is 5.75 Å². The minimum Gasteiger partial charge on any atom is -0.497 e. The zero-order valence-corrected chi connectivity index (χ0v) is 21.0. The lowest BCUT2D eigenvalue weighted by Crippen LogP contribution is -2.62. The number of nitrogens with zero attached hydrogens (tertiary/aromatic N) is 2. The largest absolute Gasteiger partial charge is 0.497 e. The summed E-state index contributed by atoms with van der Waals surface area (Å²) in [7, 11) is 1.62. The van der Waals surface area contributed by atoms with Gasteiger partial charge in [-0.2, -0.15) is 0 Å². The van der Waals surface area contributed by atoms with Crippen molar-refractivity contribution in [2.75, 3.05) is 13.7 Å². The molecule has 4 aromatic rings. The summed E-state index contributed by atoms with van der Waals surface area (Å²) in [5.41, 5.74) is 4.78. The number of aromatic amines is 1. The van der Waals surface area contributed by atoms with Crippen LogP contribution in [0.1, 0.15) is 28.4 Å². The van der Waals surface area contributed by atoms with Crippen molar-refractivity contribution in [1.82, 2.24) is 14.8 Å². The molecular formula is C28H23Cl2N3O3. The van der Waals surface area contributed by atoms with Gasteiger partial charge in [-0.3, -0.25) is 9.59 Å². The fraction of sp³-hybridized carbons (Fsp3) is 0.214. The van der Waals surface area contributed by atoms with Crippen LogP contribution in [0.15, 0.2) is 66.7 Å². The summed E-state index contributed by atoms with van der Waals surface area (Å²) >= 11 is 12.3. The van der Waals surface area contributed by atoms with Gasteiger partial charge in [0.2, 0.25) is 11.8 Å². The predicted molar refractivity (Wildman–Crippen MR) is 139 cm³/mol. The van der Waals surface area contributed by atoms with Gasteiger partial charge in [0.25, 0.3) is 0 Å². The first-order valence-corrected chi connectivity index (χ1v) is 12.5. The van der Waals surface area contributed by atoms with Crippen LogP contribution in [0.4, 0.5) is 0 Å². The minimum atomic E-state index is -0.604. The molecule has 1 aromatic heterocycles. The zero-order chi connectivity index (χ0) is 25.0. The number of para-hydroxylation sites is 1. The molecule has 2 aliphatic heterocycles. The molecular weight excluding hydrogens is 497 g/mol. The number of fused-ring (bicyclic) bond motifs is 4. The van der Waals surface area contributed by atoms with E-state index in [1.54, 1.807) is 29.0 Å². The van der Waals surface area contributed by atoms with Crippen LogP contribution in [-0.2, 0) is 22.6 Å². The van der Waals surface area contributed by atoms with Crippen molar-refractivity contribution >= 4 is 45.9 Å². The molecule has 2 aliphatic rings. The van der Waals surface area contributed by atoms with E-state index in [1.165, 1.54) is 0 Å². The number of carbonyl (C=O) groups is 2. The summed E-state index contributed by atoms with van der Waals surface area (Å²) in [6, 6.07) is 20.0. The maximum absolute atomic E-state index is 13.8. The molecule has 2 atom stereocenters. The van der Waals surface area contributed by atoms with Gasteiger partial charge in [0.15, 0.2) is 0 Å². The minimum absolute atomic E-state index is 0.00219. The number of hydrogen-bond donors (Lipinski definition) is 1. The molecule has 1 N–H and O–H groups in total. The molecule has 6 rings (SSSR count). The van der Waals surface area contributed by atoms with Gasteiger partial charge in [-0.05, 0) is 47.0 Å². The maximum Gasteiger partial charge on any atom is 0.246 e. The van der Waals surface area contributed by atoms with E-state index in [9.17, 15) is 9.59 Å². The number of amides is 2. The summed E-state index contributed by atoms with van der Waals surface area (Å²) < 4.78 is 5.34. The quantitative estimate of drug-likeness (QED) is 0.394. The molecule has 3 aromatic carbocycles. The van der Waals surface area contributed by atoms with Crippen LogP contribution in [0.2, 0.25) is 10.0 Å². The standard InChI is InChI=1S/C28H23Cl2N3O3/c1-36-18-9-7-17(8-10-18)27-26-20(19-4-2-3-5-23(19)31-26)13-24-28(35)32(15-25(34)33(24)27)14-16-6-11-21(29)22(30)12-16/h2-12,24,27,31H,13-15H2,1H3/t24-,27+/m0/s1. The number of nitrogens with one attached hydrogen (secondary N) is 1. The van der Waals surface area contributed by atoms with E-state index in [2.05, 4.69) is 11.1 Å². The molecule has 0 bridgehead atoms. The number of aromatic nitrogens is 1. The first kappa shape index (κ1) is 23.0. The average molecular weight is 520 g/mol. The van der Waals surface area contributed by atoms with Crippen molar-refractivity contribution in [1.29, 1.82) is 0 Å². The van der Waals surface area contributed by atoms with E-state index in [-0.39, 0.29) is 18.4 Å². The summed E-state index contributed by atoms with van der Waals surface area (Å²) in [5.74, 6) is 0.566. The molecule has 1 saturated heterocycles. The number of benzene rings is 3. The number of H-pyrrole nitrogens is 1. The maximum atomic E-state index is 13.8. The second kappa shape index (κ2) is 8.87. The van der Waals surface area contributed by atoms with Gasteiger partial charge in [-0.25, -0.2) is 0 Å². The highest BCUT2D eigenvalue weighted by molar-refractivity contribution is 6.42. The molecule has 6 nitrogen and oxygen atoms in total. The Kier molecular flexibility index (Phi) is 5.66. The second-order valence-electron chi connectivity index (χ2n) is 9.20. The fourth-order valence-electron chi connectivity index (χ4n) is 5.45. The third-order valence-electron chi connectivity index (χ3n) is 7.13. The number of rotatable bonds is 4. The van der Waals surface area contributed by atoms with Crippen molar-refractivity contribution < 1.29 is 14.3 Å². The van der Waals surface area contributed by atoms with Crippen LogP contribution in [0, 0.1) is 0 Å². The van der Waals surface area contributed by atoms with Crippen LogP contribution in [-0.4, -0.2) is 46.3 Å². The van der Waals surface area contributed by atoms with Gasteiger partial charge >= 0.3 is 0 Å². The first-order valence-electron chi connectivity index (χ1n) is 11.7. The highest BCUT2D eigenvalue weighted by atomic mass is 35.5. The van der Waals surface area contributed by atoms with Gasteiger partial charge in [0, 0.05) is 29.6 Å². The number of hydrogen-bond acceptors (Lipinski definition) is 3. The lowest BCUT2D eigenvalue weighted by Gasteiger charge is -2.47. The predicted octanol–water partition coefficient (Wildman–Crippen LogP) is 5.37. The van der Waals surface area contributed by atoms with Crippen molar-refractivity contribution in [3.05, 3.63) is 99.2 Å². The highest BCUT2D eigenvalue weighted by Crippen LogP contribution is 2.43. The van der Waals surface area contributed by atoms with E-state index in [4.69, 9.17) is 27.9 Å². The molecule has 0 saturated carbocycles. The van der Waals surface area contributed by atoms with Gasteiger partial charge in [0.1, 0.15) is 18.3 Å². The Hall–Kier alpha value is -3.48. The monoisotopic (exact) mass is 519 g/mol. The summed E-state index contributed by atoms with van der Waals surface area (Å²) in [6.45, 7) is 0.289. The number of methoxy groups -OCH3 is 1. The van der Waals surface area contributed by atoms with E-state index >= 15 is 0 Å². The van der Waals surface area contributed by atoms with Crippen LogP contribution >= 0.6 is 23.2 Å². The number of halogens is 2. The SMILES string of the molecule is COc1ccc([C@@H]2c3[nH]c4ccccc4c3C[C@H]3C(=O)N(Cc4ccc(Cl)c(Cl)c4)CC(=O)N23)cc1. The fourth-order valence-corrected chi connectivity index (χ4v) is 5.77. The molecule has 1 fully saturated rings. The Morgan fingerprint density at radius 1 is 1.00 bits per heavy atom. The first-order chi connectivity index (χ1) is 17.4. The average Bonchev–Trinajstić information content (AvgIpc) is 3.26. The zero-order valence-electron chi connectivity index (χ0n) is 19.5. The van der Waals surface area contributed by atoms with Crippen molar-refractivity contribution in [2.24, 2.45) is 0 Å². The lowest BCUT2D eigenvalue weighted by molar-refractivity contribution is -0.159. The molecule has 0 unspecified atom stereocenters. The van der Waals surface area contributed by atoms with E-state index in [1.807, 2.05) is 48.5 Å². The third kappa shape index (κ3) is 3.72. The summed E-state index contributed by atoms with van der Waals surface area (Å²) in [6.07, 6.45) is 0.453. The second-order valence-corrected chi connectivity index (χ2v) is 10.0. The lowest BCUT2D eigenvalue weighted by atomic mass is 9.86. The molecule has 182 valence electrons. The van der Waals surface area contributed by atoms with E-state index < -0.39 is 12.1 Å². The Morgan fingerprint density at radius 2 is 1.78 bits per heavy atom. The smallest absolute Gasteiger partial charge is 0.246 e. The number of piperazine rings is 1. The molecule has 36 heavy (non-hydrogen) atoms. The van der Waals surface area contributed by atoms with E-state index in [0.717, 1.165) is 39.0 Å². The number of carbonyl (C=O) groups excluding carboxylic acids is 2. The third-order valence-corrected chi connectivity index (χ3v) is 7.87. The molecule has 0 spiro atoms. The van der Waals surface area contributed by atoms with Gasteiger partial charge in [-0.15, -0.1) is 0 Å². The van der Waals surface area contributed by atoms with Crippen LogP contribution in [0.3, 0.4) is 0 Å². The molecule has 8 heteroatoms. The topological polar surface area (TPSA) is 65.6 Å². The van der Waals surface area contributed by atoms with Gasteiger partial charge in [-0.1, -0.05) is 59.6 Å². The Bertz CT molecular complexity index is 1500. The van der Waals surface area contributed by atoms with E-state index in [0.29, 0.717) is 23.0 Å². The molecule has 2 amide bonds. The summed E-state index contributed by atoms with van der Waals surface area (Å²) in [4.78, 5) is 34.4. The normalized spacial score (nSPS) is 19.4. The highest BCUT2D eigenvalue weighted by Gasteiger charge is 2.48. The number of ether oxygens (including phenoxy) is 1. The van der Waals surface area contributed by atoms with Crippen LogP contribution < -0.4 is 4.74 Å². The van der Waals surface area contributed by atoms with Crippen LogP contribution in [0.25, 0.3) is 10.9 Å². The Labute approximate surface area is 218 Å².